The number of aliphatic imine (C=N–C) groups is 1. The van der Waals surface area contributed by atoms with Gasteiger partial charge >= 0.3 is 0 Å². The number of alkyl halides is 2. The maximum atomic E-state index is 14.0. The van der Waals surface area contributed by atoms with Crippen LogP contribution in [0, 0.1) is 0 Å². The molecule has 2 heterocycles. The SMILES string of the molecule is O=S(=O)(CF)C1=NC2[C@@H](F)C[C@@H](c3ccccc3)N2N1. The van der Waals surface area contributed by atoms with Crippen LogP contribution in [0.3, 0.4) is 0 Å². The average molecular weight is 301 g/mol. The van der Waals surface area contributed by atoms with Crippen molar-refractivity contribution >= 4 is 15.0 Å². The molecule has 108 valence electrons. The predicted octanol–water partition coefficient (Wildman–Crippen LogP) is 1.31. The average Bonchev–Trinajstić information content (AvgIpc) is 3.01. The van der Waals surface area contributed by atoms with E-state index in [2.05, 4.69) is 10.4 Å². The summed E-state index contributed by atoms with van der Waals surface area (Å²) in [4.78, 5) is 3.78. The molecule has 0 amide bonds. The molecule has 0 aromatic heterocycles. The van der Waals surface area contributed by atoms with E-state index in [9.17, 15) is 17.2 Å². The molecular formula is C12H13F2N3O2S. The van der Waals surface area contributed by atoms with Crippen molar-refractivity contribution in [2.75, 3.05) is 6.01 Å². The van der Waals surface area contributed by atoms with Gasteiger partial charge in [-0.15, -0.1) is 0 Å². The van der Waals surface area contributed by atoms with Crippen molar-refractivity contribution in [2.24, 2.45) is 4.99 Å². The molecule has 8 heteroatoms. The quantitative estimate of drug-likeness (QED) is 0.895. The lowest BCUT2D eigenvalue weighted by atomic mass is 10.1. The summed E-state index contributed by atoms with van der Waals surface area (Å²) < 4.78 is 49.4. The van der Waals surface area contributed by atoms with Gasteiger partial charge in [0.1, 0.15) is 6.17 Å². The number of sulfone groups is 1. The molecule has 0 saturated carbocycles. The minimum atomic E-state index is -4.11. The predicted molar refractivity (Wildman–Crippen MR) is 69.8 cm³/mol. The van der Waals surface area contributed by atoms with E-state index in [0.29, 0.717) is 0 Å². The van der Waals surface area contributed by atoms with Crippen LogP contribution in [0.4, 0.5) is 8.78 Å². The third-order valence-corrected chi connectivity index (χ3v) is 4.56. The highest BCUT2D eigenvalue weighted by Gasteiger charge is 2.48. The number of amidine groups is 1. The van der Waals surface area contributed by atoms with E-state index in [1.54, 1.807) is 0 Å². The Morgan fingerprint density at radius 1 is 1.35 bits per heavy atom. The van der Waals surface area contributed by atoms with Crippen LogP contribution in [-0.4, -0.2) is 36.9 Å². The first-order valence-corrected chi connectivity index (χ1v) is 7.78. The third kappa shape index (κ3) is 2.08. The van der Waals surface area contributed by atoms with Crippen LogP contribution < -0.4 is 5.43 Å². The molecule has 1 saturated heterocycles. The summed E-state index contributed by atoms with van der Waals surface area (Å²) in [6.45, 7) is 0. The second kappa shape index (κ2) is 4.78. The van der Waals surface area contributed by atoms with Gasteiger partial charge in [-0.2, -0.15) is 5.01 Å². The molecule has 3 rings (SSSR count). The smallest absolute Gasteiger partial charge is 0.241 e. The van der Waals surface area contributed by atoms with Crippen LogP contribution in [0.5, 0.6) is 0 Å². The van der Waals surface area contributed by atoms with Gasteiger partial charge in [-0.1, -0.05) is 30.3 Å². The van der Waals surface area contributed by atoms with Crippen molar-refractivity contribution < 1.29 is 17.2 Å². The van der Waals surface area contributed by atoms with Crippen molar-refractivity contribution in [3.05, 3.63) is 35.9 Å². The van der Waals surface area contributed by atoms with Gasteiger partial charge in [0.15, 0.2) is 12.2 Å². The number of rotatable bonds is 2. The maximum Gasteiger partial charge on any atom is 0.241 e. The molecule has 1 unspecified atom stereocenters. The first-order valence-electron chi connectivity index (χ1n) is 6.13. The van der Waals surface area contributed by atoms with Crippen molar-refractivity contribution in [2.45, 2.75) is 24.8 Å². The van der Waals surface area contributed by atoms with E-state index in [4.69, 9.17) is 0 Å². The highest BCUT2D eigenvalue weighted by Crippen LogP contribution is 2.39. The standard InChI is InChI=1S/C12H13F2N3O2S/c13-7-20(18,19)12-15-11-9(14)6-10(17(11)16-12)8-4-2-1-3-5-8/h1-5,9-11H,6-7H2,(H,15,16)/t9-,10-,11?/m0/s1. The fraction of sp³-hybridized carbons (Fsp3) is 0.417. The number of benzene rings is 1. The number of hydrogen-bond donors (Lipinski definition) is 1. The van der Waals surface area contributed by atoms with E-state index in [-0.39, 0.29) is 12.5 Å². The molecule has 0 aliphatic carbocycles. The zero-order valence-corrected chi connectivity index (χ0v) is 11.2. The molecule has 0 radical (unpaired) electrons. The van der Waals surface area contributed by atoms with E-state index < -0.39 is 33.3 Å². The van der Waals surface area contributed by atoms with Crippen LogP contribution in [0.25, 0.3) is 0 Å². The maximum absolute atomic E-state index is 14.0. The number of halogens is 2. The summed E-state index contributed by atoms with van der Waals surface area (Å²) in [5.74, 6) is 0. The zero-order valence-electron chi connectivity index (χ0n) is 10.4. The number of nitrogens with one attached hydrogen (secondary N) is 1. The van der Waals surface area contributed by atoms with Crippen LogP contribution in [0.1, 0.15) is 18.0 Å². The van der Waals surface area contributed by atoms with Gasteiger partial charge in [-0.3, -0.25) is 5.43 Å². The lowest BCUT2D eigenvalue weighted by molar-refractivity contribution is 0.160. The van der Waals surface area contributed by atoms with Crippen molar-refractivity contribution in [3.63, 3.8) is 0 Å². The van der Waals surface area contributed by atoms with Crippen LogP contribution in [0.2, 0.25) is 0 Å². The van der Waals surface area contributed by atoms with Gasteiger partial charge in [-0.25, -0.2) is 22.2 Å². The molecule has 1 aromatic rings. The van der Waals surface area contributed by atoms with E-state index in [1.807, 2.05) is 30.3 Å². The molecule has 0 bridgehead atoms. The molecule has 1 N–H and O–H groups in total. The largest absolute Gasteiger partial charge is 0.291 e. The Hall–Kier alpha value is -1.54. The van der Waals surface area contributed by atoms with Crippen molar-refractivity contribution in [1.29, 1.82) is 0 Å². The van der Waals surface area contributed by atoms with E-state index >= 15 is 0 Å². The lowest BCUT2D eigenvalue weighted by Crippen LogP contribution is -2.42. The van der Waals surface area contributed by atoms with Gasteiger partial charge < -0.3 is 0 Å². The molecule has 1 aromatic carbocycles. The van der Waals surface area contributed by atoms with Crippen LogP contribution >= 0.6 is 0 Å². The zero-order chi connectivity index (χ0) is 14.3. The Balaban J connectivity index is 1.90. The molecule has 5 nitrogen and oxygen atoms in total. The third-order valence-electron chi connectivity index (χ3n) is 3.49. The Kier molecular flexibility index (Phi) is 3.21. The molecular weight excluding hydrogens is 288 g/mol. The summed E-state index contributed by atoms with van der Waals surface area (Å²) in [7, 11) is -4.11. The minimum Gasteiger partial charge on any atom is -0.291 e. The van der Waals surface area contributed by atoms with Gasteiger partial charge in [0.2, 0.25) is 15.0 Å². The first kappa shape index (κ1) is 13.4. The second-order valence-electron chi connectivity index (χ2n) is 4.77. The molecule has 0 spiro atoms. The minimum absolute atomic E-state index is 0.216. The van der Waals surface area contributed by atoms with Gasteiger partial charge in [0, 0.05) is 6.42 Å². The normalized spacial score (nSPS) is 29.9. The number of fused-ring (bicyclic) bond motifs is 1. The van der Waals surface area contributed by atoms with Gasteiger partial charge in [0.05, 0.1) is 6.04 Å². The Bertz CT molecular complexity index is 635. The Morgan fingerprint density at radius 2 is 2.05 bits per heavy atom. The first-order chi connectivity index (χ1) is 9.53. The fourth-order valence-electron chi connectivity index (χ4n) is 2.53. The molecule has 3 atom stereocenters. The number of nitrogens with zero attached hydrogens (tertiary/aromatic N) is 2. The molecule has 1 fully saturated rings. The lowest BCUT2D eigenvalue weighted by Gasteiger charge is -2.23. The summed E-state index contributed by atoms with van der Waals surface area (Å²) in [6.07, 6.45) is -2.00. The van der Waals surface area contributed by atoms with Crippen LogP contribution in [-0.2, 0) is 9.84 Å². The monoisotopic (exact) mass is 301 g/mol. The van der Waals surface area contributed by atoms with Gasteiger partial charge in [-0.05, 0) is 5.56 Å². The Labute approximate surface area is 115 Å². The number of hydrazine groups is 1. The van der Waals surface area contributed by atoms with E-state index in [1.165, 1.54) is 5.01 Å². The Morgan fingerprint density at radius 3 is 2.70 bits per heavy atom. The summed E-state index contributed by atoms with van der Waals surface area (Å²) in [5, 5.41) is 0.955. The van der Waals surface area contributed by atoms with Crippen molar-refractivity contribution in [1.82, 2.24) is 10.4 Å². The fourth-order valence-corrected chi connectivity index (χ4v) is 3.14. The van der Waals surface area contributed by atoms with Gasteiger partial charge in [0.25, 0.3) is 0 Å². The second-order valence-corrected chi connectivity index (χ2v) is 6.60. The highest BCUT2D eigenvalue weighted by molar-refractivity contribution is 8.06. The topological polar surface area (TPSA) is 61.8 Å². The van der Waals surface area contributed by atoms with E-state index in [0.717, 1.165) is 5.56 Å². The van der Waals surface area contributed by atoms with Crippen LogP contribution in [0.15, 0.2) is 35.3 Å². The molecule has 2 aliphatic rings. The highest BCUT2D eigenvalue weighted by atomic mass is 32.2. The summed E-state index contributed by atoms with van der Waals surface area (Å²) in [6, 6.07) is 7.29. The number of hydrogen-bond acceptors (Lipinski definition) is 5. The molecule has 20 heavy (non-hydrogen) atoms. The van der Waals surface area contributed by atoms with Crippen molar-refractivity contribution in [3.8, 4) is 0 Å². The molecule has 2 aliphatic heterocycles. The summed E-state index contributed by atoms with van der Waals surface area (Å²) in [5.41, 5.74) is 3.40. The summed E-state index contributed by atoms with van der Waals surface area (Å²) >= 11 is 0.